The average Bonchev–Trinajstić information content (AvgIpc) is 2.94. The number of furan rings is 1. The van der Waals surface area contributed by atoms with Gasteiger partial charge in [-0.1, -0.05) is 5.16 Å². The Hall–Kier alpha value is -2.37. The van der Waals surface area contributed by atoms with Crippen LogP contribution in [0.3, 0.4) is 0 Å². The molecule has 0 aromatic carbocycles. The monoisotopic (exact) mass is 230 g/mol. The van der Waals surface area contributed by atoms with Crippen LogP contribution in [-0.4, -0.2) is 15.1 Å². The highest BCUT2D eigenvalue weighted by molar-refractivity contribution is 5.87. The highest BCUT2D eigenvalue weighted by atomic mass is 16.5. The summed E-state index contributed by atoms with van der Waals surface area (Å²) in [6, 6.07) is 3.69. The van der Waals surface area contributed by atoms with E-state index in [9.17, 15) is 0 Å². The third-order valence-electron chi connectivity index (χ3n) is 2.36. The molecule has 3 heterocycles. The lowest BCUT2D eigenvalue weighted by molar-refractivity contribution is 0.388. The van der Waals surface area contributed by atoms with E-state index in [0.29, 0.717) is 18.3 Å². The largest absolute Gasteiger partial charge is 0.464 e. The second kappa shape index (κ2) is 3.89. The Bertz CT molecular complexity index is 644. The zero-order chi connectivity index (χ0) is 11.7. The van der Waals surface area contributed by atoms with Crippen LogP contribution in [0.15, 0.2) is 33.5 Å². The summed E-state index contributed by atoms with van der Waals surface area (Å²) in [6.45, 7) is 2.22. The summed E-state index contributed by atoms with van der Waals surface area (Å²) in [4.78, 5) is 8.35. The Morgan fingerprint density at radius 2 is 2.29 bits per heavy atom. The quantitative estimate of drug-likeness (QED) is 0.742. The summed E-state index contributed by atoms with van der Waals surface area (Å²) < 4.78 is 10.2. The summed E-state index contributed by atoms with van der Waals surface area (Å²) in [5, 5.41) is 7.88. The van der Waals surface area contributed by atoms with Crippen LogP contribution in [0.4, 0.5) is 5.82 Å². The van der Waals surface area contributed by atoms with Gasteiger partial charge in [-0.2, -0.15) is 4.98 Å². The zero-order valence-electron chi connectivity index (χ0n) is 9.17. The molecular formula is C11H10N4O2. The van der Waals surface area contributed by atoms with Gasteiger partial charge in [0.05, 0.1) is 18.2 Å². The molecule has 6 heteroatoms. The van der Waals surface area contributed by atoms with Crippen LogP contribution in [-0.2, 0) is 6.54 Å². The van der Waals surface area contributed by atoms with Gasteiger partial charge in [0.2, 0.25) is 5.89 Å². The molecule has 0 spiro atoms. The fraction of sp³-hybridized carbons (Fsp3) is 0.182. The van der Waals surface area contributed by atoms with Crippen molar-refractivity contribution in [1.82, 2.24) is 15.1 Å². The number of aryl methyl sites for hydroxylation is 1. The van der Waals surface area contributed by atoms with Crippen molar-refractivity contribution in [3.63, 3.8) is 0 Å². The number of nitrogens with zero attached hydrogens (tertiary/aromatic N) is 3. The van der Waals surface area contributed by atoms with E-state index in [1.165, 1.54) is 0 Å². The van der Waals surface area contributed by atoms with Gasteiger partial charge >= 0.3 is 0 Å². The number of anilines is 1. The van der Waals surface area contributed by atoms with Crippen molar-refractivity contribution in [3.05, 3.63) is 36.3 Å². The second-order valence-electron chi connectivity index (χ2n) is 3.58. The highest BCUT2D eigenvalue weighted by Gasteiger charge is 2.06. The lowest BCUT2D eigenvalue weighted by atomic mass is 10.3. The fourth-order valence-electron chi connectivity index (χ4n) is 1.61. The predicted molar refractivity (Wildman–Crippen MR) is 60.4 cm³/mol. The van der Waals surface area contributed by atoms with Crippen LogP contribution in [0.1, 0.15) is 11.7 Å². The Morgan fingerprint density at radius 3 is 3.12 bits per heavy atom. The van der Waals surface area contributed by atoms with Gasteiger partial charge in [0, 0.05) is 13.1 Å². The molecule has 1 N–H and O–H groups in total. The molecule has 0 aliphatic heterocycles. The van der Waals surface area contributed by atoms with E-state index in [1.807, 2.05) is 12.1 Å². The Morgan fingerprint density at radius 1 is 1.35 bits per heavy atom. The lowest BCUT2D eigenvalue weighted by Crippen LogP contribution is -2.03. The molecule has 3 aromatic heterocycles. The van der Waals surface area contributed by atoms with Crippen molar-refractivity contribution in [2.45, 2.75) is 13.5 Å². The van der Waals surface area contributed by atoms with Gasteiger partial charge < -0.3 is 14.3 Å². The van der Waals surface area contributed by atoms with E-state index >= 15 is 0 Å². The highest BCUT2D eigenvalue weighted by Crippen LogP contribution is 2.21. The summed E-state index contributed by atoms with van der Waals surface area (Å²) in [6.07, 6.45) is 3.33. The molecule has 0 amide bonds. The van der Waals surface area contributed by atoms with E-state index in [4.69, 9.17) is 8.94 Å². The van der Waals surface area contributed by atoms with Crippen LogP contribution in [0, 0.1) is 6.92 Å². The summed E-state index contributed by atoms with van der Waals surface area (Å²) in [7, 11) is 0. The maximum atomic E-state index is 5.28. The molecule has 17 heavy (non-hydrogen) atoms. The summed E-state index contributed by atoms with van der Waals surface area (Å²) in [5.74, 6) is 1.90. The molecule has 3 rings (SSSR count). The minimum atomic E-state index is 0.467. The van der Waals surface area contributed by atoms with Crippen LogP contribution < -0.4 is 5.32 Å². The Balaban J connectivity index is 1.83. The van der Waals surface area contributed by atoms with Crippen LogP contribution in [0.5, 0.6) is 0 Å². The number of fused-ring (bicyclic) bond motifs is 1. The molecule has 6 nitrogen and oxygen atoms in total. The smallest absolute Gasteiger partial charge is 0.223 e. The zero-order valence-corrected chi connectivity index (χ0v) is 9.17. The molecule has 0 unspecified atom stereocenters. The van der Waals surface area contributed by atoms with Gasteiger partial charge in [-0.05, 0) is 12.1 Å². The lowest BCUT2D eigenvalue weighted by Gasteiger charge is -2.02. The number of aromatic nitrogens is 3. The van der Waals surface area contributed by atoms with E-state index in [-0.39, 0.29) is 0 Å². The number of nitrogens with one attached hydrogen (secondary N) is 1. The maximum Gasteiger partial charge on any atom is 0.223 e. The molecule has 0 saturated heterocycles. The van der Waals surface area contributed by atoms with Crippen molar-refractivity contribution in [2.24, 2.45) is 0 Å². The molecule has 0 radical (unpaired) electrons. The van der Waals surface area contributed by atoms with Crippen molar-refractivity contribution in [3.8, 4) is 0 Å². The van der Waals surface area contributed by atoms with E-state index in [0.717, 1.165) is 16.8 Å². The molecule has 3 aromatic rings. The second-order valence-corrected chi connectivity index (χ2v) is 3.58. The van der Waals surface area contributed by atoms with E-state index in [2.05, 4.69) is 20.4 Å². The molecule has 0 saturated carbocycles. The van der Waals surface area contributed by atoms with Gasteiger partial charge in [0.1, 0.15) is 11.4 Å². The molecule has 86 valence electrons. The van der Waals surface area contributed by atoms with Crippen molar-refractivity contribution in [2.75, 3.05) is 5.32 Å². The first kappa shape index (κ1) is 9.83. The molecular weight excluding hydrogens is 220 g/mol. The fourth-order valence-corrected chi connectivity index (χ4v) is 1.61. The minimum absolute atomic E-state index is 0.467. The normalized spacial score (nSPS) is 10.9. The first-order chi connectivity index (χ1) is 8.33. The van der Waals surface area contributed by atoms with Crippen molar-refractivity contribution < 1.29 is 8.94 Å². The van der Waals surface area contributed by atoms with Crippen LogP contribution in [0.25, 0.3) is 11.0 Å². The third-order valence-corrected chi connectivity index (χ3v) is 2.36. The Kier molecular flexibility index (Phi) is 2.25. The van der Waals surface area contributed by atoms with Crippen LogP contribution in [0.2, 0.25) is 0 Å². The van der Waals surface area contributed by atoms with Gasteiger partial charge in [-0.25, -0.2) is 4.98 Å². The number of rotatable bonds is 3. The predicted octanol–water partition coefficient (Wildman–Crippen LogP) is 2.13. The summed E-state index contributed by atoms with van der Waals surface area (Å²) in [5.41, 5.74) is 0.798. The minimum Gasteiger partial charge on any atom is -0.464 e. The number of hydrogen-bond acceptors (Lipinski definition) is 6. The molecule has 0 bridgehead atoms. The standard InChI is InChI=1S/C11H10N4O2/c1-7-14-10(15-17-7)6-13-11-8-3-5-16-9(8)2-4-12-11/h2-5H,6H2,1H3,(H,12,13). The topological polar surface area (TPSA) is 77.0 Å². The van der Waals surface area contributed by atoms with E-state index in [1.54, 1.807) is 19.4 Å². The van der Waals surface area contributed by atoms with Gasteiger partial charge in [-0.15, -0.1) is 0 Å². The van der Waals surface area contributed by atoms with Crippen LogP contribution >= 0.6 is 0 Å². The average molecular weight is 230 g/mol. The third kappa shape index (κ3) is 1.84. The van der Waals surface area contributed by atoms with E-state index < -0.39 is 0 Å². The molecule has 0 fully saturated rings. The first-order valence-corrected chi connectivity index (χ1v) is 5.18. The first-order valence-electron chi connectivity index (χ1n) is 5.18. The SMILES string of the molecule is Cc1nc(CNc2nccc3occc23)no1. The Labute approximate surface area is 96.6 Å². The number of hydrogen-bond donors (Lipinski definition) is 1. The maximum absolute atomic E-state index is 5.28. The summed E-state index contributed by atoms with van der Waals surface area (Å²) >= 11 is 0. The van der Waals surface area contributed by atoms with Gasteiger partial charge in [0.15, 0.2) is 5.82 Å². The van der Waals surface area contributed by atoms with Gasteiger partial charge in [0.25, 0.3) is 0 Å². The van der Waals surface area contributed by atoms with Crippen molar-refractivity contribution in [1.29, 1.82) is 0 Å². The number of pyridine rings is 1. The molecule has 0 atom stereocenters. The molecule has 0 aliphatic carbocycles. The van der Waals surface area contributed by atoms with Gasteiger partial charge in [-0.3, -0.25) is 0 Å². The van der Waals surface area contributed by atoms with Crippen molar-refractivity contribution >= 4 is 16.8 Å². The molecule has 0 aliphatic rings.